The molecule has 1 aromatic rings. The number of carbonyl (C=O) groups excluding carboxylic acids is 1. The van der Waals surface area contributed by atoms with Crippen molar-refractivity contribution < 1.29 is 7.86 Å². The maximum atomic E-state index is 11.4. The SMILES string of the molecule is O=C(Cc1ccccc1NC1=C(Cl)CCC=C1Cl)OI. The van der Waals surface area contributed by atoms with Crippen molar-refractivity contribution in [1.29, 1.82) is 0 Å². The summed E-state index contributed by atoms with van der Waals surface area (Å²) >= 11 is 14.0. The van der Waals surface area contributed by atoms with E-state index in [0.29, 0.717) is 15.8 Å². The van der Waals surface area contributed by atoms with Crippen LogP contribution in [-0.4, -0.2) is 5.97 Å². The lowest BCUT2D eigenvalue weighted by molar-refractivity contribution is -0.130. The third-order valence-corrected chi connectivity index (χ3v) is 4.11. The predicted octanol–water partition coefficient (Wildman–Crippen LogP) is 4.90. The zero-order valence-corrected chi connectivity index (χ0v) is 14.1. The number of para-hydroxylation sites is 1. The van der Waals surface area contributed by atoms with Gasteiger partial charge in [0.1, 0.15) is 0 Å². The lowest BCUT2D eigenvalue weighted by Gasteiger charge is -2.18. The second-order valence-corrected chi connectivity index (χ2v) is 5.58. The van der Waals surface area contributed by atoms with Gasteiger partial charge in [-0.05, 0) is 24.5 Å². The zero-order valence-electron chi connectivity index (χ0n) is 10.5. The van der Waals surface area contributed by atoms with E-state index in [0.717, 1.165) is 24.1 Å². The Labute approximate surface area is 141 Å². The molecule has 0 fully saturated rings. The van der Waals surface area contributed by atoms with Crippen LogP contribution in [0.15, 0.2) is 46.1 Å². The summed E-state index contributed by atoms with van der Waals surface area (Å²) in [5.41, 5.74) is 2.34. The summed E-state index contributed by atoms with van der Waals surface area (Å²) in [4.78, 5) is 11.4. The minimum absolute atomic E-state index is 0.193. The molecule has 0 saturated heterocycles. The van der Waals surface area contributed by atoms with Crippen LogP contribution in [0.4, 0.5) is 5.69 Å². The summed E-state index contributed by atoms with van der Waals surface area (Å²) in [5.74, 6) is -0.301. The molecule has 0 aliphatic heterocycles. The Morgan fingerprint density at radius 2 is 2.10 bits per heavy atom. The van der Waals surface area contributed by atoms with Gasteiger partial charge in [0.15, 0.2) is 23.0 Å². The Morgan fingerprint density at radius 1 is 1.35 bits per heavy atom. The van der Waals surface area contributed by atoms with Crippen LogP contribution < -0.4 is 5.32 Å². The number of nitrogens with one attached hydrogen (secondary N) is 1. The quantitative estimate of drug-likeness (QED) is 0.700. The molecule has 6 heteroatoms. The molecular formula is C14H12Cl2INO2. The van der Waals surface area contributed by atoms with Crippen LogP contribution in [0.2, 0.25) is 0 Å². The highest BCUT2D eigenvalue weighted by Gasteiger charge is 2.15. The molecule has 0 saturated carbocycles. The summed E-state index contributed by atoms with van der Waals surface area (Å²) in [7, 11) is 0. The van der Waals surface area contributed by atoms with Crippen LogP contribution in [-0.2, 0) is 14.3 Å². The molecule has 0 bridgehead atoms. The Kier molecular flexibility index (Phi) is 5.74. The molecule has 20 heavy (non-hydrogen) atoms. The van der Waals surface area contributed by atoms with Gasteiger partial charge in [-0.15, -0.1) is 0 Å². The van der Waals surface area contributed by atoms with Gasteiger partial charge >= 0.3 is 5.97 Å². The van der Waals surface area contributed by atoms with Crippen LogP contribution in [0.3, 0.4) is 0 Å². The second-order valence-electron chi connectivity index (χ2n) is 4.28. The van der Waals surface area contributed by atoms with Crippen molar-refractivity contribution in [2.75, 3.05) is 5.32 Å². The van der Waals surface area contributed by atoms with Crippen LogP contribution in [0.25, 0.3) is 0 Å². The third kappa shape index (κ3) is 3.90. The molecule has 0 atom stereocenters. The molecule has 0 radical (unpaired) electrons. The topological polar surface area (TPSA) is 38.3 Å². The molecule has 1 aliphatic rings. The van der Waals surface area contributed by atoms with Crippen LogP contribution >= 0.6 is 46.2 Å². The summed E-state index contributed by atoms with van der Waals surface area (Å²) in [6.45, 7) is 0. The highest BCUT2D eigenvalue weighted by Crippen LogP contribution is 2.32. The Morgan fingerprint density at radius 3 is 2.80 bits per heavy atom. The summed E-state index contributed by atoms with van der Waals surface area (Å²) in [5, 5.41) is 4.52. The number of allylic oxidation sites excluding steroid dienone is 3. The van der Waals surface area contributed by atoms with E-state index >= 15 is 0 Å². The van der Waals surface area contributed by atoms with Crippen molar-refractivity contribution in [3.8, 4) is 0 Å². The van der Waals surface area contributed by atoms with Gasteiger partial charge < -0.3 is 8.38 Å². The molecular weight excluding hydrogens is 412 g/mol. The lowest BCUT2D eigenvalue weighted by Crippen LogP contribution is -2.09. The van der Waals surface area contributed by atoms with Crippen LogP contribution in [0, 0.1) is 0 Å². The maximum absolute atomic E-state index is 11.4. The molecule has 0 heterocycles. The van der Waals surface area contributed by atoms with Crippen molar-refractivity contribution in [2.24, 2.45) is 0 Å². The van der Waals surface area contributed by atoms with E-state index in [1.807, 2.05) is 30.3 Å². The molecule has 0 unspecified atom stereocenters. The number of halogens is 3. The smallest absolute Gasteiger partial charge is 0.319 e. The Balaban J connectivity index is 2.25. The number of hydrogen-bond donors (Lipinski definition) is 1. The number of carbonyl (C=O) groups is 1. The average molecular weight is 424 g/mol. The molecule has 0 spiro atoms. The minimum Gasteiger partial charge on any atom is -0.394 e. The molecule has 1 N–H and O–H groups in total. The molecule has 2 rings (SSSR count). The third-order valence-electron chi connectivity index (χ3n) is 2.90. The van der Waals surface area contributed by atoms with E-state index in [-0.39, 0.29) is 12.4 Å². The number of rotatable bonds is 4. The van der Waals surface area contributed by atoms with Crippen molar-refractivity contribution in [3.63, 3.8) is 0 Å². The summed E-state index contributed by atoms with van der Waals surface area (Å²) in [6.07, 6.45) is 3.72. The first-order chi connectivity index (χ1) is 9.61. The van der Waals surface area contributed by atoms with Gasteiger partial charge in [-0.1, -0.05) is 47.5 Å². The van der Waals surface area contributed by atoms with Gasteiger partial charge in [0.25, 0.3) is 0 Å². The predicted molar refractivity (Wildman–Crippen MR) is 89.9 cm³/mol. The van der Waals surface area contributed by atoms with Crippen LogP contribution in [0.5, 0.6) is 0 Å². The lowest BCUT2D eigenvalue weighted by atomic mass is 10.1. The molecule has 106 valence electrons. The number of anilines is 1. The zero-order chi connectivity index (χ0) is 14.5. The van der Waals surface area contributed by atoms with E-state index < -0.39 is 0 Å². The molecule has 1 aromatic carbocycles. The molecule has 0 aromatic heterocycles. The number of hydrogen-bond acceptors (Lipinski definition) is 3. The van der Waals surface area contributed by atoms with Crippen molar-refractivity contribution in [1.82, 2.24) is 0 Å². The van der Waals surface area contributed by atoms with Gasteiger partial charge in [0, 0.05) is 10.7 Å². The first-order valence-electron chi connectivity index (χ1n) is 6.03. The van der Waals surface area contributed by atoms with Gasteiger partial charge in [-0.3, -0.25) is 4.79 Å². The second kappa shape index (κ2) is 7.33. The largest absolute Gasteiger partial charge is 0.394 e. The first-order valence-corrected chi connectivity index (χ1v) is 7.66. The van der Waals surface area contributed by atoms with Crippen molar-refractivity contribution in [3.05, 3.63) is 51.7 Å². The standard InChI is InChI=1S/C14H12Cl2INO2/c15-10-5-3-6-11(16)14(10)18-12-7-2-1-4-9(12)8-13(19)20-17/h1-2,4-5,7,18H,3,6,8H2. The molecule has 0 amide bonds. The van der Waals surface area contributed by atoms with Gasteiger partial charge in [-0.25, -0.2) is 0 Å². The van der Waals surface area contributed by atoms with Crippen LogP contribution in [0.1, 0.15) is 18.4 Å². The van der Waals surface area contributed by atoms with Gasteiger partial charge in [0.2, 0.25) is 0 Å². The molecule has 1 aliphatic carbocycles. The van der Waals surface area contributed by atoms with E-state index in [2.05, 4.69) is 8.38 Å². The molecule has 3 nitrogen and oxygen atoms in total. The monoisotopic (exact) mass is 423 g/mol. The van der Waals surface area contributed by atoms with E-state index in [4.69, 9.17) is 23.2 Å². The fourth-order valence-electron chi connectivity index (χ4n) is 1.92. The van der Waals surface area contributed by atoms with E-state index in [9.17, 15) is 4.79 Å². The highest BCUT2D eigenvalue weighted by molar-refractivity contribution is 14.1. The van der Waals surface area contributed by atoms with Gasteiger partial charge in [-0.2, -0.15) is 0 Å². The minimum atomic E-state index is -0.301. The summed E-state index contributed by atoms with van der Waals surface area (Å²) < 4.78 is 4.67. The fourth-order valence-corrected chi connectivity index (χ4v) is 2.66. The fraction of sp³-hybridized carbons (Fsp3) is 0.214. The van der Waals surface area contributed by atoms with Crippen molar-refractivity contribution in [2.45, 2.75) is 19.3 Å². The maximum Gasteiger partial charge on any atom is 0.319 e. The average Bonchev–Trinajstić information content (AvgIpc) is 2.44. The van der Waals surface area contributed by atoms with Gasteiger partial charge in [0.05, 0.1) is 17.2 Å². The Bertz CT molecular complexity index is 584. The summed E-state index contributed by atoms with van der Waals surface area (Å²) in [6, 6.07) is 7.50. The first kappa shape index (κ1) is 15.7. The van der Waals surface area contributed by atoms with Crippen molar-refractivity contribution >= 4 is 57.9 Å². The van der Waals surface area contributed by atoms with E-state index in [1.54, 1.807) is 23.0 Å². The number of benzene rings is 1. The normalized spacial score (nSPS) is 14.8. The Hall–Kier alpha value is -0.720. The van der Waals surface area contributed by atoms with E-state index in [1.165, 1.54) is 0 Å². The highest BCUT2D eigenvalue weighted by atomic mass is 127.